The summed E-state index contributed by atoms with van der Waals surface area (Å²) in [5, 5.41) is 9.45. The van der Waals surface area contributed by atoms with Crippen LogP contribution in [0.5, 0.6) is 11.5 Å². The van der Waals surface area contributed by atoms with E-state index in [1.54, 1.807) is 0 Å². The number of guanidine groups is 1. The first-order chi connectivity index (χ1) is 14.7. The molecular formula is C23H29IN4O3. The van der Waals surface area contributed by atoms with E-state index < -0.39 is 0 Å². The predicted molar refractivity (Wildman–Crippen MR) is 133 cm³/mol. The number of halogens is 1. The average Bonchev–Trinajstić information content (AvgIpc) is 3.18. The first-order valence-electron chi connectivity index (χ1n) is 10.5. The maximum absolute atomic E-state index is 11.5. The van der Waals surface area contributed by atoms with E-state index in [0.717, 1.165) is 48.1 Å². The van der Waals surface area contributed by atoms with Crippen molar-refractivity contribution >= 4 is 41.5 Å². The van der Waals surface area contributed by atoms with Gasteiger partial charge in [-0.25, -0.2) is 4.99 Å². The van der Waals surface area contributed by atoms with Gasteiger partial charge in [0.05, 0.1) is 13.1 Å². The number of nitrogens with zero attached hydrogens (tertiary/aromatic N) is 1. The largest absolute Gasteiger partial charge is 0.492 e. The maximum Gasteiger partial charge on any atom is 0.224 e. The molecule has 2 aromatic carbocycles. The monoisotopic (exact) mass is 536 g/mol. The average molecular weight is 536 g/mol. The Morgan fingerprint density at radius 1 is 1.19 bits per heavy atom. The fraction of sp³-hybridized carbons (Fsp3) is 0.391. The van der Waals surface area contributed by atoms with Crippen LogP contribution in [-0.4, -0.2) is 44.2 Å². The first kappa shape index (κ1) is 23.2. The fourth-order valence-electron chi connectivity index (χ4n) is 3.68. The van der Waals surface area contributed by atoms with Gasteiger partial charge in [0, 0.05) is 25.1 Å². The highest BCUT2D eigenvalue weighted by molar-refractivity contribution is 14.0. The summed E-state index contributed by atoms with van der Waals surface area (Å²) in [5.74, 6) is 2.61. The molecule has 8 heteroatoms. The zero-order valence-electron chi connectivity index (χ0n) is 17.6. The molecule has 0 fully saturated rings. The summed E-state index contributed by atoms with van der Waals surface area (Å²) in [5.41, 5.74) is 3.25. The van der Waals surface area contributed by atoms with Gasteiger partial charge < -0.3 is 25.4 Å². The molecule has 31 heavy (non-hydrogen) atoms. The number of ether oxygens (including phenoxy) is 2. The highest BCUT2D eigenvalue weighted by Gasteiger charge is 2.22. The van der Waals surface area contributed by atoms with Crippen LogP contribution < -0.4 is 25.4 Å². The summed E-state index contributed by atoms with van der Waals surface area (Å²) in [7, 11) is 0. The number of hydrogen-bond donors (Lipinski definition) is 3. The van der Waals surface area contributed by atoms with E-state index in [4.69, 9.17) is 9.47 Å². The summed E-state index contributed by atoms with van der Waals surface area (Å²) in [6, 6.07) is 13.9. The van der Waals surface area contributed by atoms with E-state index in [1.165, 1.54) is 5.56 Å². The van der Waals surface area contributed by atoms with Gasteiger partial charge in [-0.1, -0.05) is 18.2 Å². The lowest BCUT2D eigenvalue weighted by atomic mass is 10.0. The molecule has 166 valence electrons. The number of anilines is 1. The summed E-state index contributed by atoms with van der Waals surface area (Å²) >= 11 is 0. The Balaban J connectivity index is 0.00000272. The third-order valence-corrected chi connectivity index (χ3v) is 5.15. The number of amides is 1. The summed E-state index contributed by atoms with van der Waals surface area (Å²) in [6.45, 7) is 4.57. The fourth-order valence-corrected chi connectivity index (χ4v) is 3.68. The van der Waals surface area contributed by atoms with Crippen LogP contribution >= 0.6 is 24.0 Å². The molecule has 1 unspecified atom stereocenters. The van der Waals surface area contributed by atoms with E-state index in [9.17, 15) is 4.79 Å². The highest BCUT2D eigenvalue weighted by Crippen LogP contribution is 2.28. The maximum atomic E-state index is 11.5. The first-order valence-corrected chi connectivity index (χ1v) is 10.5. The molecule has 4 rings (SSSR count). The molecule has 0 spiro atoms. The number of carbonyl (C=O) groups is 1. The molecule has 2 aliphatic rings. The Hall–Kier alpha value is -2.49. The molecule has 2 aliphatic heterocycles. The molecule has 1 atom stereocenters. The minimum atomic E-state index is 0. The molecule has 0 bridgehead atoms. The van der Waals surface area contributed by atoms with Crippen molar-refractivity contribution in [3.05, 3.63) is 53.6 Å². The van der Waals surface area contributed by atoms with Crippen LogP contribution in [0.1, 0.15) is 24.5 Å². The molecule has 2 heterocycles. The summed E-state index contributed by atoms with van der Waals surface area (Å²) in [4.78, 5) is 16.1. The van der Waals surface area contributed by atoms with Gasteiger partial charge in [-0.05, 0) is 48.7 Å². The van der Waals surface area contributed by atoms with Crippen LogP contribution in [0.3, 0.4) is 0 Å². The van der Waals surface area contributed by atoms with Gasteiger partial charge in [0.1, 0.15) is 24.2 Å². The van der Waals surface area contributed by atoms with Crippen LogP contribution in [-0.2, 0) is 17.6 Å². The summed E-state index contributed by atoms with van der Waals surface area (Å²) in [6.07, 6.45) is 2.24. The Kier molecular flexibility index (Phi) is 8.39. The van der Waals surface area contributed by atoms with Crippen molar-refractivity contribution in [2.75, 3.05) is 31.6 Å². The van der Waals surface area contributed by atoms with Crippen LogP contribution in [0, 0.1) is 0 Å². The molecule has 0 aromatic heterocycles. The number of para-hydroxylation sites is 1. The molecule has 2 aromatic rings. The Labute approximate surface area is 200 Å². The molecule has 0 radical (unpaired) electrons. The SMILES string of the molecule is CCNC(=NCC1Cc2ccccc2O1)NCCOc1ccc2c(c1)CCC(=O)N2.I. The predicted octanol–water partition coefficient (Wildman–Crippen LogP) is 3.13. The van der Waals surface area contributed by atoms with Gasteiger partial charge in [0.25, 0.3) is 0 Å². The van der Waals surface area contributed by atoms with E-state index in [0.29, 0.717) is 26.1 Å². The van der Waals surface area contributed by atoms with Crippen LogP contribution in [0.15, 0.2) is 47.5 Å². The van der Waals surface area contributed by atoms with E-state index in [-0.39, 0.29) is 36.0 Å². The number of hydrogen-bond acceptors (Lipinski definition) is 4. The van der Waals surface area contributed by atoms with Gasteiger partial charge >= 0.3 is 0 Å². The molecule has 1 amide bonds. The second-order valence-electron chi connectivity index (χ2n) is 7.41. The topological polar surface area (TPSA) is 84.0 Å². The number of aryl methyl sites for hydroxylation is 1. The molecule has 0 saturated carbocycles. The van der Waals surface area contributed by atoms with Crippen LogP contribution in [0.2, 0.25) is 0 Å². The van der Waals surface area contributed by atoms with Crippen LogP contribution in [0.4, 0.5) is 5.69 Å². The minimum absolute atomic E-state index is 0. The molecule has 0 saturated heterocycles. The number of benzene rings is 2. The highest BCUT2D eigenvalue weighted by atomic mass is 127. The van der Waals surface area contributed by atoms with Crippen LogP contribution in [0.25, 0.3) is 0 Å². The van der Waals surface area contributed by atoms with E-state index >= 15 is 0 Å². The van der Waals surface area contributed by atoms with Crippen molar-refractivity contribution in [2.24, 2.45) is 4.99 Å². The quantitative estimate of drug-likeness (QED) is 0.219. The van der Waals surface area contributed by atoms with Gasteiger partial charge in [0.2, 0.25) is 5.91 Å². The number of aliphatic imine (C=N–C) groups is 1. The Bertz CT molecular complexity index is 910. The lowest BCUT2D eigenvalue weighted by Crippen LogP contribution is -2.40. The molecule has 3 N–H and O–H groups in total. The number of rotatable bonds is 7. The second-order valence-corrected chi connectivity index (χ2v) is 7.41. The smallest absolute Gasteiger partial charge is 0.224 e. The number of carbonyl (C=O) groups excluding carboxylic acids is 1. The zero-order valence-corrected chi connectivity index (χ0v) is 20.0. The lowest BCUT2D eigenvalue weighted by Gasteiger charge is -2.18. The van der Waals surface area contributed by atoms with Crippen molar-refractivity contribution in [1.29, 1.82) is 0 Å². The van der Waals surface area contributed by atoms with Crippen molar-refractivity contribution < 1.29 is 14.3 Å². The van der Waals surface area contributed by atoms with Gasteiger partial charge in [0.15, 0.2) is 5.96 Å². The lowest BCUT2D eigenvalue weighted by molar-refractivity contribution is -0.116. The van der Waals surface area contributed by atoms with E-state index in [2.05, 4.69) is 27.0 Å². The number of nitrogens with one attached hydrogen (secondary N) is 3. The van der Waals surface area contributed by atoms with Gasteiger partial charge in [-0.15, -0.1) is 24.0 Å². The van der Waals surface area contributed by atoms with Crippen molar-refractivity contribution in [1.82, 2.24) is 10.6 Å². The summed E-state index contributed by atoms with van der Waals surface area (Å²) < 4.78 is 11.8. The molecule has 0 aliphatic carbocycles. The van der Waals surface area contributed by atoms with Gasteiger partial charge in [-0.2, -0.15) is 0 Å². The third-order valence-electron chi connectivity index (χ3n) is 5.15. The zero-order chi connectivity index (χ0) is 20.8. The molecular weight excluding hydrogens is 507 g/mol. The normalized spacial score (nSPS) is 16.9. The number of fused-ring (bicyclic) bond motifs is 2. The minimum Gasteiger partial charge on any atom is -0.492 e. The second kappa shape index (κ2) is 11.2. The Morgan fingerprint density at radius 2 is 2.06 bits per heavy atom. The van der Waals surface area contributed by atoms with Crippen molar-refractivity contribution in [2.45, 2.75) is 32.3 Å². The van der Waals surface area contributed by atoms with E-state index in [1.807, 2.05) is 43.3 Å². The van der Waals surface area contributed by atoms with Crippen molar-refractivity contribution in [3.63, 3.8) is 0 Å². The third kappa shape index (κ3) is 6.25. The van der Waals surface area contributed by atoms with Crippen molar-refractivity contribution in [3.8, 4) is 11.5 Å². The molecule has 7 nitrogen and oxygen atoms in total. The standard InChI is InChI=1S/C23H28N4O3.HI/c1-2-24-23(26-15-19-14-17-5-3-4-6-21(17)30-19)25-11-12-29-18-8-9-20-16(13-18)7-10-22(28)27-20;/h3-6,8-9,13,19H,2,7,10-12,14-15H2,1H3,(H,27,28)(H2,24,25,26);1H. The van der Waals surface area contributed by atoms with Gasteiger partial charge in [-0.3, -0.25) is 4.79 Å². The Morgan fingerprint density at radius 3 is 2.90 bits per heavy atom.